The van der Waals surface area contributed by atoms with E-state index in [4.69, 9.17) is 9.88 Å². The Morgan fingerprint density at radius 3 is 2.54 bits per heavy atom. The number of nitrogens with two attached hydrogens (primary N) is 1. The van der Waals surface area contributed by atoms with E-state index in [2.05, 4.69) is 0 Å². The van der Waals surface area contributed by atoms with Crippen LogP contribution in [0.3, 0.4) is 0 Å². The fourth-order valence-corrected chi connectivity index (χ4v) is 3.42. The predicted octanol–water partition coefficient (Wildman–Crippen LogP) is 2.00. The Kier molecular flexibility index (Phi) is 4.88. The first kappa shape index (κ1) is 18.2. The summed E-state index contributed by atoms with van der Waals surface area (Å²) < 4.78 is 41.3. The van der Waals surface area contributed by atoms with E-state index >= 15 is 0 Å². The molecule has 0 radical (unpaired) electrons. The molecule has 6 nitrogen and oxygen atoms in total. The second-order valence-corrected chi connectivity index (χ2v) is 7.58. The summed E-state index contributed by atoms with van der Waals surface area (Å²) in [4.78, 5) is 23.8. The van der Waals surface area contributed by atoms with E-state index in [9.17, 15) is 22.4 Å². The molecule has 0 saturated heterocycles. The number of primary sulfonamides is 1. The van der Waals surface area contributed by atoms with Crippen LogP contribution >= 0.6 is 0 Å². The molecule has 0 amide bonds. The SMILES string of the molecule is NS(=O)(=O)c1ccc(F)c(C(=O)OCC(=O)c2ccc3c(c2)CCC3)c1. The number of fused-ring (bicyclic) bond motifs is 1. The number of carbonyl (C=O) groups excluding carboxylic acids is 2. The van der Waals surface area contributed by atoms with Crippen LogP contribution in [0.2, 0.25) is 0 Å². The molecule has 0 spiro atoms. The molecule has 1 aliphatic carbocycles. The minimum absolute atomic E-state index is 0.414. The topological polar surface area (TPSA) is 104 Å². The highest BCUT2D eigenvalue weighted by Gasteiger charge is 2.20. The number of benzene rings is 2. The molecule has 2 N–H and O–H groups in total. The maximum Gasteiger partial charge on any atom is 0.341 e. The van der Waals surface area contributed by atoms with E-state index in [1.54, 1.807) is 12.1 Å². The molecule has 0 fully saturated rings. The maximum absolute atomic E-state index is 13.8. The Labute approximate surface area is 149 Å². The van der Waals surface area contributed by atoms with Gasteiger partial charge in [0.25, 0.3) is 0 Å². The average molecular weight is 377 g/mol. The molecule has 2 aromatic rings. The monoisotopic (exact) mass is 377 g/mol. The van der Waals surface area contributed by atoms with E-state index in [0.717, 1.165) is 43.0 Å². The first-order chi connectivity index (χ1) is 12.3. The summed E-state index contributed by atoms with van der Waals surface area (Å²) >= 11 is 0. The molecule has 0 heterocycles. The van der Waals surface area contributed by atoms with Gasteiger partial charge in [0.15, 0.2) is 12.4 Å². The Bertz CT molecular complexity index is 1000. The smallest absolute Gasteiger partial charge is 0.341 e. The van der Waals surface area contributed by atoms with Crippen molar-refractivity contribution in [1.29, 1.82) is 0 Å². The number of halogens is 1. The average Bonchev–Trinajstić information content (AvgIpc) is 3.06. The Hall–Kier alpha value is -2.58. The summed E-state index contributed by atoms with van der Waals surface area (Å²) in [5.41, 5.74) is 2.13. The quantitative estimate of drug-likeness (QED) is 0.634. The van der Waals surface area contributed by atoms with Gasteiger partial charge in [-0.3, -0.25) is 4.79 Å². The molecule has 3 rings (SSSR count). The summed E-state index contributed by atoms with van der Waals surface area (Å²) in [6.45, 7) is -0.573. The van der Waals surface area contributed by atoms with E-state index in [1.165, 1.54) is 5.56 Å². The lowest BCUT2D eigenvalue weighted by Gasteiger charge is -2.08. The van der Waals surface area contributed by atoms with Crippen LogP contribution in [-0.4, -0.2) is 26.8 Å². The first-order valence-electron chi connectivity index (χ1n) is 7.90. The van der Waals surface area contributed by atoms with Crippen molar-refractivity contribution in [3.8, 4) is 0 Å². The molecule has 2 aromatic carbocycles. The lowest BCUT2D eigenvalue weighted by atomic mass is 10.0. The molecule has 0 unspecified atom stereocenters. The van der Waals surface area contributed by atoms with Crippen LogP contribution in [-0.2, 0) is 27.6 Å². The molecule has 136 valence electrons. The molecule has 1 aliphatic rings. The van der Waals surface area contributed by atoms with Crippen molar-refractivity contribution in [2.75, 3.05) is 6.61 Å². The minimum atomic E-state index is -4.10. The van der Waals surface area contributed by atoms with Crippen molar-refractivity contribution in [1.82, 2.24) is 0 Å². The van der Waals surface area contributed by atoms with Gasteiger partial charge in [0.2, 0.25) is 10.0 Å². The van der Waals surface area contributed by atoms with E-state index in [-0.39, 0.29) is 0 Å². The third-order valence-electron chi connectivity index (χ3n) is 4.24. The van der Waals surface area contributed by atoms with Crippen molar-refractivity contribution in [2.24, 2.45) is 5.14 Å². The van der Waals surface area contributed by atoms with Gasteiger partial charge in [0, 0.05) is 5.56 Å². The van der Waals surface area contributed by atoms with Gasteiger partial charge in [-0.25, -0.2) is 22.7 Å². The Balaban J connectivity index is 1.72. The lowest BCUT2D eigenvalue weighted by Crippen LogP contribution is -2.17. The van der Waals surface area contributed by atoms with Gasteiger partial charge < -0.3 is 4.74 Å². The van der Waals surface area contributed by atoms with Crippen LogP contribution in [0, 0.1) is 5.82 Å². The van der Waals surface area contributed by atoms with Gasteiger partial charge in [-0.05, 0) is 54.7 Å². The van der Waals surface area contributed by atoms with Crippen LogP contribution in [0.1, 0.15) is 38.3 Å². The third-order valence-corrected chi connectivity index (χ3v) is 5.15. The van der Waals surface area contributed by atoms with Crippen LogP contribution in [0.25, 0.3) is 0 Å². The summed E-state index contributed by atoms with van der Waals surface area (Å²) in [6, 6.07) is 7.86. The molecule has 0 bridgehead atoms. The number of ketones is 1. The third kappa shape index (κ3) is 3.81. The zero-order chi connectivity index (χ0) is 18.9. The second kappa shape index (κ2) is 6.97. The molecular weight excluding hydrogens is 361 g/mol. The maximum atomic E-state index is 13.8. The van der Waals surface area contributed by atoms with Crippen LogP contribution in [0.4, 0.5) is 4.39 Å². The summed E-state index contributed by atoms with van der Waals surface area (Å²) in [6.07, 6.45) is 2.93. The number of ether oxygens (including phenoxy) is 1. The minimum Gasteiger partial charge on any atom is -0.454 e. The van der Waals surface area contributed by atoms with Gasteiger partial charge in [0.05, 0.1) is 10.5 Å². The molecule has 26 heavy (non-hydrogen) atoms. The predicted molar refractivity (Wildman–Crippen MR) is 90.9 cm³/mol. The van der Waals surface area contributed by atoms with Gasteiger partial charge in [-0.15, -0.1) is 0 Å². The number of sulfonamides is 1. The number of rotatable bonds is 5. The lowest BCUT2D eigenvalue weighted by molar-refractivity contribution is 0.0470. The molecule has 0 saturated carbocycles. The van der Waals surface area contributed by atoms with Gasteiger partial charge >= 0.3 is 5.97 Å². The van der Waals surface area contributed by atoms with Gasteiger partial charge in [-0.1, -0.05) is 12.1 Å². The van der Waals surface area contributed by atoms with Crippen LogP contribution in [0.15, 0.2) is 41.3 Å². The highest BCUT2D eigenvalue weighted by Crippen LogP contribution is 2.23. The number of hydrogen-bond acceptors (Lipinski definition) is 5. The summed E-state index contributed by atoms with van der Waals surface area (Å²) in [5.74, 6) is -2.52. The van der Waals surface area contributed by atoms with Gasteiger partial charge in [0.1, 0.15) is 5.82 Å². The van der Waals surface area contributed by atoms with Gasteiger partial charge in [-0.2, -0.15) is 0 Å². The van der Waals surface area contributed by atoms with Crippen molar-refractivity contribution >= 4 is 21.8 Å². The molecule has 0 aliphatic heterocycles. The zero-order valence-corrected chi connectivity index (χ0v) is 14.5. The van der Waals surface area contributed by atoms with E-state index in [0.29, 0.717) is 5.56 Å². The second-order valence-electron chi connectivity index (χ2n) is 6.02. The first-order valence-corrected chi connectivity index (χ1v) is 9.45. The van der Waals surface area contributed by atoms with Crippen molar-refractivity contribution in [2.45, 2.75) is 24.2 Å². The summed E-state index contributed by atoms with van der Waals surface area (Å²) in [5, 5.41) is 4.96. The van der Waals surface area contributed by atoms with Crippen molar-refractivity contribution in [3.05, 3.63) is 64.5 Å². The fourth-order valence-electron chi connectivity index (χ4n) is 2.88. The van der Waals surface area contributed by atoms with Crippen molar-refractivity contribution in [3.63, 3.8) is 0 Å². The highest BCUT2D eigenvalue weighted by atomic mass is 32.2. The number of hydrogen-bond donors (Lipinski definition) is 1. The zero-order valence-electron chi connectivity index (χ0n) is 13.7. The molecule has 0 atom stereocenters. The highest BCUT2D eigenvalue weighted by molar-refractivity contribution is 7.89. The Morgan fingerprint density at radius 1 is 1.08 bits per heavy atom. The molecule has 8 heteroatoms. The Morgan fingerprint density at radius 2 is 1.81 bits per heavy atom. The number of Topliss-reactive ketones (excluding diaryl/α,β-unsaturated/α-hetero) is 1. The van der Waals surface area contributed by atoms with Crippen molar-refractivity contribution < 1.29 is 27.1 Å². The molecule has 0 aromatic heterocycles. The number of carbonyl (C=O) groups is 2. The van der Waals surface area contributed by atoms with E-state index in [1.807, 2.05) is 6.07 Å². The fraction of sp³-hybridized carbons (Fsp3) is 0.222. The number of esters is 1. The largest absolute Gasteiger partial charge is 0.454 e. The molecular formula is C18H16FNO5S. The van der Waals surface area contributed by atoms with Crippen LogP contribution < -0.4 is 5.14 Å². The number of aryl methyl sites for hydroxylation is 2. The summed E-state index contributed by atoms with van der Waals surface area (Å²) in [7, 11) is -4.10. The standard InChI is InChI=1S/C18H16FNO5S/c19-16-7-6-14(26(20,23)24)9-15(16)18(22)25-10-17(21)13-5-4-11-2-1-3-12(11)8-13/h4-9H,1-3,10H2,(H2,20,23,24). The normalized spacial score (nSPS) is 13.3. The van der Waals surface area contributed by atoms with Crippen LogP contribution in [0.5, 0.6) is 0 Å². The van der Waals surface area contributed by atoms with E-state index < -0.39 is 44.7 Å².